The summed E-state index contributed by atoms with van der Waals surface area (Å²) in [4.78, 5) is 16.9. The zero-order chi connectivity index (χ0) is 18.5. The molecule has 1 atom stereocenters. The number of carbonyl (C=O) groups is 1. The van der Waals surface area contributed by atoms with Gasteiger partial charge in [-0.05, 0) is 42.0 Å². The fourth-order valence-electron chi connectivity index (χ4n) is 2.60. The quantitative estimate of drug-likeness (QED) is 0.713. The molecule has 0 radical (unpaired) electrons. The smallest absolute Gasteiger partial charge is 0.320 e. The van der Waals surface area contributed by atoms with Gasteiger partial charge in [-0.3, -0.25) is 0 Å². The number of aryl methyl sites for hydroxylation is 1. The van der Waals surface area contributed by atoms with Gasteiger partial charge in [-0.25, -0.2) is 9.78 Å². The summed E-state index contributed by atoms with van der Waals surface area (Å²) in [5.41, 5.74) is 1.51. The van der Waals surface area contributed by atoms with Gasteiger partial charge >= 0.3 is 6.03 Å². The van der Waals surface area contributed by atoms with Crippen molar-refractivity contribution in [3.63, 3.8) is 0 Å². The highest BCUT2D eigenvalue weighted by molar-refractivity contribution is 6.30. The van der Waals surface area contributed by atoms with Crippen LogP contribution in [0, 0.1) is 0 Å². The van der Waals surface area contributed by atoms with Crippen molar-refractivity contribution in [3.05, 3.63) is 77.3 Å². The SMILES string of the molecule is COc1cccc(C(NC(=O)Nc2ccc(Cl)cc2)c2nccn2C)c1. The van der Waals surface area contributed by atoms with Gasteiger partial charge in [-0.15, -0.1) is 0 Å². The third-order valence-electron chi connectivity index (χ3n) is 3.92. The van der Waals surface area contributed by atoms with Gasteiger partial charge in [0.2, 0.25) is 0 Å². The number of methoxy groups -OCH3 is 1. The molecule has 0 saturated heterocycles. The highest BCUT2D eigenvalue weighted by Crippen LogP contribution is 2.24. The zero-order valence-corrected chi connectivity index (χ0v) is 15.2. The largest absolute Gasteiger partial charge is 0.497 e. The monoisotopic (exact) mass is 370 g/mol. The number of carbonyl (C=O) groups excluding carboxylic acids is 1. The number of aromatic nitrogens is 2. The first kappa shape index (κ1) is 17.8. The van der Waals surface area contributed by atoms with Gasteiger partial charge in [0.1, 0.15) is 17.6 Å². The summed E-state index contributed by atoms with van der Waals surface area (Å²) in [7, 11) is 3.49. The number of nitrogens with zero attached hydrogens (tertiary/aromatic N) is 2. The standard InChI is InChI=1S/C19H19ClN4O2/c1-24-11-10-21-18(24)17(13-4-3-5-16(12-13)26-2)23-19(25)22-15-8-6-14(20)7-9-15/h3-12,17H,1-2H3,(H2,22,23,25). The summed E-state index contributed by atoms with van der Waals surface area (Å²) >= 11 is 5.87. The Morgan fingerprint density at radius 2 is 2.00 bits per heavy atom. The van der Waals surface area contributed by atoms with E-state index in [1.807, 2.05) is 42.1 Å². The lowest BCUT2D eigenvalue weighted by Crippen LogP contribution is -2.34. The topological polar surface area (TPSA) is 68.2 Å². The van der Waals surface area contributed by atoms with E-state index in [1.54, 1.807) is 37.6 Å². The molecule has 1 aromatic heterocycles. The van der Waals surface area contributed by atoms with Gasteiger partial charge < -0.3 is 19.9 Å². The van der Waals surface area contributed by atoms with E-state index >= 15 is 0 Å². The number of urea groups is 1. The van der Waals surface area contributed by atoms with Crippen LogP contribution in [0.4, 0.5) is 10.5 Å². The minimum absolute atomic E-state index is 0.344. The summed E-state index contributed by atoms with van der Waals surface area (Å²) in [6.07, 6.45) is 3.53. The molecule has 3 rings (SSSR count). The maximum atomic E-state index is 12.5. The van der Waals surface area contributed by atoms with E-state index < -0.39 is 6.04 Å². The van der Waals surface area contributed by atoms with Crippen molar-refractivity contribution in [2.24, 2.45) is 7.05 Å². The van der Waals surface area contributed by atoms with E-state index in [0.717, 1.165) is 5.56 Å². The van der Waals surface area contributed by atoms with Crippen LogP contribution in [0.5, 0.6) is 5.75 Å². The van der Waals surface area contributed by atoms with E-state index in [2.05, 4.69) is 15.6 Å². The van der Waals surface area contributed by atoms with Gasteiger partial charge in [0.05, 0.1) is 7.11 Å². The highest BCUT2D eigenvalue weighted by atomic mass is 35.5. The van der Waals surface area contributed by atoms with Gasteiger partial charge in [-0.1, -0.05) is 23.7 Å². The third kappa shape index (κ3) is 4.15. The molecule has 6 nitrogen and oxygen atoms in total. The molecule has 0 aliphatic heterocycles. The number of imidazole rings is 1. The number of benzene rings is 2. The number of nitrogens with one attached hydrogen (secondary N) is 2. The van der Waals surface area contributed by atoms with Gasteiger partial charge in [0, 0.05) is 30.2 Å². The Morgan fingerprint density at radius 3 is 2.65 bits per heavy atom. The molecule has 0 bridgehead atoms. The average molecular weight is 371 g/mol. The van der Waals surface area contributed by atoms with E-state index in [0.29, 0.717) is 22.3 Å². The molecule has 0 saturated carbocycles. The second-order valence-electron chi connectivity index (χ2n) is 5.71. The summed E-state index contributed by atoms with van der Waals surface area (Å²) in [5.74, 6) is 1.42. The lowest BCUT2D eigenvalue weighted by molar-refractivity contribution is 0.249. The van der Waals surface area contributed by atoms with Crippen LogP contribution in [-0.4, -0.2) is 22.7 Å². The van der Waals surface area contributed by atoms with Crippen LogP contribution in [0.25, 0.3) is 0 Å². The summed E-state index contributed by atoms with van der Waals surface area (Å²) in [5, 5.41) is 6.38. The van der Waals surface area contributed by atoms with Crippen molar-refractivity contribution in [2.75, 3.05) is 12.4 Å². The molecule has 0 aliphatic rings. The fourth-order valence-corrected chi connectivity index (χ4v) is 2.73. The van der Waals surface area contributed by atoms with Crippen LogP contribution < -0.4 is 15.4 Å². The Hall–Kier alpha value is -2.99. The van der Waals surface area contributed by atoms with Crippen molar-refractivity contribution in [3.8, 4) is 5.75 Å². The van der Waals surface area contributed by atoms with Crippen LogP contribution >= 0.6 is 11.6 Å². The first-order valence-corrected chi connectivity index (χ1v) is 8.39. The van der Waals surface area contributed by atoms with Gasteiger partial charge in [-0.2, -0.15) is 0 Å². The maximum absolute atomic E-state index is 12.5. The van der Waals surface area contributed by atoms with Crippen molar-refractivity contribution in [1.29, 1.82) is 0 Å². The van der Waals surface area contributed by atoms with Crippen LogP contribution in [0.2, 0.25) is 5.02 Å². The highest BCUT2D eigenvalue weighted by Gasteiger charge is 2.21. The Kier molecular flexibility index (Phi) is 5.43. The molecule has 0 aliphatic carbocycles. The molecule has 7 heteroatoms. The molecule has 2 N–H and O–H groups in total. The molecular formula is C19H19ClN4O2. The van der Waals surface area contributed by atoms with Crippen LogP contribution in [-0.2, 0) is 7.05 Å². The normalized spacial score (nSPS) is 11.7. The van der Waals surface area contributed by atoms with E-state index in [9.17, 15) is 4.79 Å². The maximum Gasteiger partial charge on any atom is 0.320 e. The average Bonchev–Trinajstić information content (AvgIpc) is 3.07. The van der Waals surface area contributed by atoms with Crippen molar-refractivity contribution in [2.45, 2.75) is 6.04 Å². The number of rotatable bonds is 5. The first-order chi connectivity index (χ1) is 12.6. The Balaban J connectivity index is 1.85. The molecule has 1 unspecified atom stereocenters. The third-order valence-corrected chi connectivity index (χ3v) is 4.17. The van der Waals surface area contributed by atoms with Crippen LogP contribution in [0.1, 0.15) is 17.4 Å². The van der Waals surface area contributed by atoms with E-state index in [1.165, 1.54) is 0 Å². The number of ether oxygens (including phenoxy) is 1. The molecule has 3 aromatic rings. The molecule has 2 aromatic carbocycles. The van der Waals surface area contributed by atoms with Crippen molar-refractivity contribution < 1.29 is 9.53 Å². The predicted octanol–water partition coefficient (Wildman–Crippen LogP) is 3.99. The number of hydrogen-bond acceptors (Lipinski definition) is 3. The van der Waals surface area contributed by atoms with E-state index in [4.69, 9.17) is 16.3 Å². The van der Waals surface area contributed by atoms with Gasteiger partial charge in [0.25, 0.3) is 0 Å². The predicted molar refractivity (Wildman–Crippen MR) is 102 cm³/mol. The lowest BCUT2D eigenvalue weighted by atomic mass is 10.1. The Bertz CT molecular complexity index is 893. The molecule has 26 heavy (non-hydrogen) atoms. The second kappa shape index (κ2) is 7.93. The molecule has 0 spiro atoms. The van der Waals surface area contributed by atoms with Crippen molar-refractivity contribution in [1.82, 2.24) is 14.9 Å². The summed E-state index contributed by atoms with van der Waals surface area (Å²) in [6, 6.07) is 13.7. The Morgan fingerprint density at radius 1 is 1.23 bits per heavy atom. The minimum atomic E-state index is -0.433. The first-order valence-electron chi connectivity index (χ1n) is 8.01. The number of anilines is 1. The zero-order valence-electron chi connectivity index (χ0n) is 14.4. The molecule has 1 heterocycles. The van der Waals surface area contributed by atoms with E-state index in [-0.39, 0.29) is 6.03 Å². The molecule has 0 fully saturated rings. The van der Waals surface area contributed by atoms with Gasteiger partial charge in [0.15, 0.2) is 0 Å². The Labute approximate surface area is 156 Å². The molecule has 2 amide bonds. The number of hydrogen-bond donors (Lipinski definition) is 2. The van der Waals surface area contributed by atoms with Crippen LogP contribution in [0.15, 0.2) is 60.9 Å². The number of halogens is 1. The minimum Gasteiger partial charge on any atom is -0.497 e. The summed E-state index contributed by atoms with van der Waals surface area (Å²) < 4.78 is 7.16. The number of amides is 2. The fraction of sp³-hybridized carbons (Fsp3) is 0.158. The molecular weight excluding hydrogens is 352 g/mol. The lowest BCUT2D eigenvalue weighted by Gasteiger charge is -2.20. The summed E-state index contributed by atoms with van der Waals surface area (Å²) in [6.45, 7) is 0. The second-order valence-corrected chi connectivity index (χ2v) is 6.15. The van der Waals surface area contributed by atoms with Crippen molar-refractivity contribution >= 4 is 23.3 Å². The molecule has 134 valence electrons. The van der Waals surface area contributed by atoms with Crippen LogP contribution in [0.3, 0.4) is 0 Å².